The van der Waals surface area contributed by atoms with E-state index in [1.165, 1.54) is 5.56 Å². The lowest BCUT2D eigenvalue weighted by Crippen LogP contribution is -2.42. The van der Waals surface area contributed by atoms with Gasteiger partial charge in [0.05, 0.1) is 6.04 Å². The summed E-state index contributed by atoms with van der Waals surface area (Å²) in [5.41, 5.74) is 6.96. The Morgan fingerprint density at radius 3 is 2.79 bits per heavy atom. The molecule has 4 nitrogen and oxygen atoms in total. The zero-order chi connectivity index (χ0) is 13.8. The summed E-state index contributed by atoms with van der Waals surface area (Å²) in [6.07, 6.45) is 1.03. The van der Waals surface area contributed by atoms with E-state index in [1.807, 2.05) is 11.0 Å². The fraction of sp³-hybridized carbons (Fsp3) is 0.533. The second-order valence-electron chi connectivity index (χ2n) is 5.42. The van der Waals surface area contributed by atoms with E-state index >= 15 is 0 Å². The zero-order valence-electron chi connectivity index (χ0n) is 11.7. The molecule has 1 fully saturated rings. The Labute approximate surface area is 115 Å². The highest BCUT2D eigenvalue weighted by atomic mass is 16.2. The van der Waals surface area contributed by atoms with Crippen LogP contribution < -0.4 is 5.73 Å². The van der Waals surface area contributed by atoms with E-state index in [-0.39, 0.29) is 5.91 Å². The van der Waals surface area contributed by atoms with Gasteiger partial charge in [0.2, 0.25) is 5.91 Å². The summed E-state index contributed by atoms with van der Waals surface area (Å²) in [4.78, 5) is 16.1. The molecule has 2 atom stereocenters. The van der Waals surface area contributed by atoms with Crippen molar-refractivity contribution < 1.29 is 4.79 Å². The summed E-state index contributed by atoms with van der Waals surface area (Å²) in [5.74, 6) is 0.0654. The maximum Gasteiger partial charge on any atom is 0.239 e. The molecule has 0 bridgehead atoms. The average molecular weight is 261 g/mol. The van der Waals surface area contributed by atoms with E-state index in [0.29, 0.717) is 6.04 Å². The molecule has 0 radical (unpaired) electrons. The van der Waals surface area contributed by atoms with Crippen LogP contribution >= 0.6 is 0 Å². The summed E-state index contributed by atoms with van der Waals surface area (Å²) < 4.78 is 0. The lowest BCUT2D eigenvalue weighted by molar-refractivity contribution is -0.131. The van der Waals surface area contributed by atoms with Crippen molar-refractivity contribution in [1.82, 2.24) is 9.80 Å². The minimum absolute atomic E-state index is 0.0654. The van der Waals surface area contributed by atoms with Gasteiger partial charge in [-0.25, -0.2) is 0 Å². The van der Waals surface area contributed by atoms with E-state index in [9.17, 15) is 4.79 Å². The molecule has 2 rings (SSSR count). The van der Waals surface area contributed by atoms with Gasteiger partial charge in [0.25, 0.3) is 0 Å². The molecule has 0 saturated carbocycles. The van der Waals surface area contributed by atoms with Crippen LogP contribution in [0.1, 0.15) is 18.9 Å². The van der Waals surface area contributed by atoms with Crippen LogP contribution in [0.15, 0.2) is 30.3 Å². The van der Waals surface area contributed by atoms with Gasteiger partial charge in [0.15, 0.2) is 0 Å². The third-order valence-electron chi connectivity index (χ3n) is 3.76. The fourth-order valence-electron chi connectivity index (χ4n) is 2.59. The van der Waals surface area contributed by atoms with Gasteiger partial charge in [0.1, 0.15) is 0 Å². The van der Waals surface area contributed by atoms with Crippen molar-refractivity contribution in [1.29, 1.82) is 0 Å². The highest BCUT2D eigenvalue weighted by molar-refractivity contribution is 5.81. The number of likely N-dealkylation sites (tertiary alicyclic amines) is 1. The van der Waals surface area contributed by atoms with Crippen LogP contribution in [-0.2, 0) is 11.3 Å². The quantitative estimate of drug-likeness (QED) is 0.882. The van der Waals surface area contributed by atoms with Crippen molar-refractivity contribution in [3.8, 4) is 0 Å². The lowest BCUT2D eigenvalue weighted by Gasteiger charge is -2.25. The molecule has 1 aromatic carbocycles. The first-order valence-corrected chi connectivity index (χ1v) is 6.86. The molecule has 1 aliphatic rings. The lowest BCUT2D eigenvalue weighted by atomic mass is 10.1. The number of nitrogens with two attached hydrogens (primary N) is 1. The second-order valence-corrected chi connectivity index (χ2v) is 5.42. The van der Waals surface area contributed by atoms with E-state index < -0.39 is 6.04 Å². The summed E-state index contributed by atoms with van der Waals surface area (Å²) in [6, 6.07) is 10.5. The van der Waals surface area contributed by atoms with Gasteiger partial charge >= 0.3 is 0 Å². The first-order chi connectivity index (χ1) is 9.08. The van der Waals surface area contributed by atoms with Gasteiger partial charge in [-0.2, -0.15) is 0 Å². The number of likely N-dealkylation sites (N-methyl/N-ethyl adjacent to an activating group) is 1. The SMILES string of the molecule is C[C@H](N)C(=O)N1CC[C@H](N(C)Cc2ccccc2)C1. The van der Waals surface area contributed by atoms with Crippen LogP contribution in [-0.4, -0.2) is 47.9 Å². The molecule has 0 spiro atoms. The van der Waals surface area contributed by atoms with Crippen molar-refractivity contribution in [3.05, 3.63) is 35.9 Å². The first-order valence-electron chi connectivity index (χ1n) is 6.86. The number of carbonyl (C=O) groups excluding carboxylic acids is 1. The maximum atomic E-state index is 11.9. The first kappa shape index (κ1) is 14.0. The normalized spacial score (nSPS) is 20.8. The number of nitrogens with zero attached hydrogens (tertiary/aromatic N) is 2. The Hall–Kier alpha value is -1.39. The molecule has 1 heterocycles. The van der Waals surface area contributed by atoms with Crippen LogP contribution in [0.25, 0.3) is 0 Å². The fourth-order valence-corrected chi connectivity index (χ4v) is 2.59. The van der Waals surface area contributed by atoms with Gasteiger partial charge in [-0.05, 0) is 26.0 Å². The molecule has 1 aliphatic heterocycles. The molecule has 4 heteroatoms. The van der Waals surface area contributed by atoms with E-state index in [1.54, 1.807) is 6.92 Å². The van der Waals surface area contributed by atoms with Crippen LogP contribution in [0.3, 0.4) is 0 Å². The largest absolute Gasteiger partial charge is 0.340 e. The van der Waals surface area contributed by atoms with Crippen molar-refractivity contribution in [2.24, 2.45) is 5.73 Å². The molecule has 0 aliphatic carbocycles. The Morgan fingerprint density at radius 2 is 2.16 bits per heavy atom. The van der Waals surface area contributed by atoms with Gasteiger partial charge in [0, 0.05) is 25.7 Å². The zero-order valence-corrected chi connectivity index (χ0v) is 11.7. The van der Waals surface area contributed by atoms with Crippen LogP contribution in [0, 0.1) is 0 Å². The third-order valence-corrected chi connectivity index (χ3v) is 3.76. The topological polar surface area (TPSA) is 49.6 Å². The number of carbonyl (C=O) groups is 1. The van der Waals surface area contributed by atoms with Crippen LogP contribution in [0.2, 0.25) is 0 Å². The van der Waals surface area contributed by atoms with Gasteiger partial charge < -0.3 is 10.6 Å². The summed E-state index contributed by atoms with van der Waals surface area (Å²) in [7, 11) is 2.12. The van der Waals surface area contributed by atoms with E-state index in [0.717, 1.165) is 26.1 Å². The Balaban J connectivity index is 1.88. The van der Waals surface area contributed by atoms with Gasteiger partial charge in [-0.3, -0.25) is 9.69 Å². The standard InChI is InChI=1S/C15H23N3O/c1-12(16)15(19)18-9-8-14(11-18)17(2)10-13-6-4-3-5-7-13/h3-7,12,14H,8-11,16H2,1-2H3/t12-,14-/m0/s1. The number of hydrogen-bond acceptors (Lipinski definition) is 3. The molecule has 104 valence electrons. The monoisotopic (exact) mass is 261 g/mol. The highest BCUT2D eigenvalue weighted by Crippen LogP contribution is 2.17. The molecular formula is C15H23N3O. The predicted molar refractivity (Wildman–Crippen MR) is 76.5 cm³/mol. The van der Waals surface area contributed by atoms with Gasteiger partial charge in [-0.1, -0.05) is 30.3 Å². The molecule has 0 unspecified atom stereocenters. The smallest absolute Gasteiger partial charge is 0.239 e. The maximum absolute atomic E-state index is 11.9. The van der Waals surface area contributed by atoms with Crippen molar-refractivity contribution >= 4 is 5.91 Å². The number of amides is 1. The Kier molecular flexibility index (Phi) is 4.56. The highest BCUT2D eigenvalue weighted by Gasteiger charge is 2.29. The van der Waals surface area contributed by atoms with Crippen LogP contribution in [0.4, 0.5) is 0 Å². The average Bonchev–Trinajstić information content (AvgIpc) is 2.88. The number of benzene rings is 1. The summed E-state index contributed by atoms with van der Waals surface area (Å²) in [6.45, 7) is 4.29. The molecule has 1 saturated heterocycles. The second kappa shape index (κ2) is 6.17. The number of hydrogen-bond donors (Lipinski definition) is 1. The predicted octanol–water partition coefficient (Wildman–Crippen LogP) is 1.07. The minimum Gasteiger partial charge on any atom is -0.340 e. The molecule has 19 heavy (non-hydrogen) atoms. The Bertz CT molecular complexity index is 419. The van der Waals surface area contributed by atoms with Crippen molar-refractivity contribution in [2.75, 3.05) is 20.1 Å². The van der Waals surface area contributed by atoms with Gasteiger partial charge in [-0.15, -0.1) is 0 Å². The summed E-state index contributed by atoms with van der Waals surface area (Å²) >= 11 is 0. The molecule has 1 amide bonds. The Morgan fingerprint density at radius 1 is 1.47 bits per heavy atom. The van der Waals surface area contributed by atoms with E-state index in [4.69, 9.17) is 5.73 Å². The van der Waals surface area contributed by atoms with Crippen molar-refractivity contribution in [3.63, 3.8) is 0 Å². The van der Waals surface area contributed by atoms with Crippen molar-refractivity contribution in [2.45, 2.75) is 32.0 Å². The third kappa shape index (κ3) is 3.55. The minimum atomic E-state index is -0.391. The van der Waals surface area contributed by atoms with E-state index in [2.05, 4.69) is 36.2 Å². The number of rotatable bonds is 4. The molecule has 0 aromatic heterocycles. The molecule has 1 aromatic rings. The molecule has 2 N–H and O–H groups in total. The summed E-state index contributed by atoms with van der Waals surface area (Å²) in [5, 5.41) is 0. The van der Waals surface area contributed by atoms with Crippen LogP contribution in [0.5, 0.6) is 0 Å². The molecular weight excluding hydrogens is 238 g/mol.